The number of hydrogen-bond donors (Lipinski definition) is 2. The summed E-state index contributed by atoms with van der Waals surface area (Å²) in [6, 6.07) is 0.502. The minimum atomic E-state index is 0.0972. The Kier molecular flexibility index (Phi) is 3.89. The second kappa shape index (κ2) is 5.45. The van der Waals surface area contributed by atoms with Crippen molar-refractivity contribution in [1.29, 1.82) is 0 Å². The van der Waals surface area contributed by atoms with Gasteiger partial charge in [-0.1, -0.05) is 6.42 Å². The van der Waals surface area contributed by atoms with Crippen molar-refractivity contribution >= 4 is 0 Å². The molecule has 1 spiro atoms. The molecule has 2 atom stereocenters. The van der Waals surface area contributed by atoms with E-state index < -0.39 is 0 Å². The van der Waals surface area contributed by atoms with E-state index in [1.807, 2.05) is 0 Å². The van der Waals surface area contributed by atoms with Gasteiger partial charge in [0.15, 0.2) is 0 Å². The topological polar surface area (TPSA) is 56.5 Å². The first-order valence-corrected chi connectivity index (χ1v) is 7.51. The van der Waals surface area contributed by atoms with Crippen LogP contribution in [-0.4, -0.2) is 31.5 Å². The first kappa shape index (κ1) is 12.9. The van der Waals surface area contributed by atoms with Crippen LogP contribution in [0.4, 0.5) is 0 Å². The van der Waals surface area contributed by atoms with E-state index >= 15 is 0 Å². The normalized spacial score (nSPS) is 34.2. The molecule has 0 aromatic carbocycles. The summed E-state index contributed by atoms with van der Waals surface area (Å²) in [5, 5.41) is 0. The highest BCUT2D eigenvalue weighted by Gasteiger charge is 2.43. The molecule has 104 valence electrons. The van der Waals surface area contributed by atoms with Gasteiger partial charge in [0, 0.05) is 25.9 Å². The van der Waals surface area contributed by atoms with Gasteiger partial charge in [-0.25, -0.2) is 0 Å². The number of hydrazine groups is 1. The van der Waals surface area contributed by atoms with Crippen LogP contribution in [0.15, 0.2) is 0 Å². The summed E-state index contributed by atoms with van der Waals surface area (Å²) in [6.45, 7) is 2.61. The molecule has 1 saturated carbocycles. The first-order valence-electron chi connectivity index (χ1n) is 7.51. The molecule has 3 aliphatic rings. The molecule has 2 saturated heterocycles. The van der Waals surface area contributed by atoms with Crippen LogP contribution in [-0.2, 0) is 9.47 Å². The molecule has 0 aromatic heterocycles. The third kappa shape index (κ3) is 2.44. The van der Waals surface area contributed by atoms with Gasteiger partial charge >= 0.3 is 0 Å². The Balaban J connectivity index is 1.64. The van der Waals surface area contributed by atoms with E-state index in [0.717, 1.165) is 45.0 Å². The predicted octanol–water partition coefficient (Wildman–Crippen LogP) is 1.59. The average Bonchev–Trinajstić information content (AvgIpc) is 2.34. The smallest absolute Gasteiger partial charge is 0.0729 e. The third-order valence-corrected chi connectivity index (χ3v) is 5.29. The maximum atomic E-state index is 6.11. The maximum absolute atomic E-state index is 6.11. The summed E-state index contributed by atoms with van der Waals surface area (Å²) in [6.07, 6.45) is 8.53. The Bertz CT molecular complexity index is 269. The van der Waals surface area contributed by atoms with Crippen molar-refractivity contribution < 1.29 is 9.47 Å². The molecule has 0 bridgehead atoms. The van der Waals surface area contributed by atoms with Crippen LogP contribution < -0.4 is 11.3 Å². The second-order valence-corrected chi connectivity index (χ2v) is 6.28. The lowest BCUT2D eigenvalue weighted by Crippen LogP contribution is -2.54. The molecule has 1 aliphatic carbocycles. The zero-order valence-electron chi connectivity index (χ0n) is 11.2. The average molecular weight is 254 g/mol. The SMILES string of the molecule is NNC(C1CCC1)C1CCOC2(CCOCC2)C1. The highest BCUT2D eigenvalue weighted by molar-refractivity contribution is 4.95. The predicted molar refractivity (Wildman–Crippen MR) is 69.9 cm³/mol. The lowest BCUT2D eigenvalue weighted by atomic mass is 9.69. The molecule has 0 amide bonds. The molecule has 2 aliphatic heterocycles. The lowest BCUT2D eigenvalue weighted by Gasteiger charge is -2.47. The standard InChI is InChI=1S/C14H26N2O2/c15-16-13(11-2-1-3-11)12-4-7-18-14(10-12)5-8-17-9-6-14/h11-13,16H,1-10,15H2. The molecule has 0 aromatic rings. The number of ether oxygens (including phenoxy) is 2. The van der Waals surface area contributed by atoms with E-state index in [1.165, 1.54) is 25.7 Å². The van der Waals surface area contributed by atoms with Gasteiger partial charge in [0.25, 0.3) is 0 Å². The fourth-order valence-electron chi connectivity index (χ4n) is 3.92. The van der Waals surface area contributed by atoms with Crippen molar-refractivity contribution in [2.24, 2.45) is 17.7 Å². The Labute approximate surface area is 110 Å². The summed E-state index contributed by atoms with van der Waals surface area (Å²) in [7, 11) is 0. The van der Waals surface area contributed by atoms with Crippen LogP contribution in [0.2, 0.25) is 0 Å². The summed E-state index contributed by atoms with van der Waals surface area (Å²) in [5.74, 6) is 7.30. The molecular weight excluding hydrogens is 228 g/mol. The molecule has 2 unspecified atom stereocenters. The van der Waals surface area contributed by atoms with Crippen LogP contribution in [0.25, 0.3) is 0 Å². The monoisotopic (exact) mass is 254 g/mol. The molecule has 3 N–H and O–H groups in total. The molecule has 4 heteroatoms. The summed E-state index contributed by atoms with van der Waals surface area (Å²) in [5.41, 5.74) is 3.21. The summed E-state index contributed by atoms with van der Waals surface area (Å²) >= 11 is 0. The van der Waals surface area contributed by atoms with Crippen molar-refractivity contribution in [2.75, 3.05) is 19.8 Å². The third-order valence-electron chi connectivity index (χ3n) is 5.29. The molecule has 3 fully saturated rings. The molecular formula is C14H26N2O2. The van der Waals surface area contributed by atoms with Crippen molar-refractivity contribution in [2.45, 2.75) is 56.6 Å². The number of rotatable bonds is 3. The molecule has 3 rings (SSSR count). The highest BCUT2D eigenvalue weighted by Crippen LogP contribution is 2.42. The van der Waals surface area contributed by atoms with Gasteiger partial charge in [0.05, 0.1) is 5.60 Å². The van der Waals surface area contributed by atoms with Crippen molar-refractivity contribution in [1.82, 2.24) is 5.43 Å². The molecule has 0 radical (unpaired) electrons. The van der Waals surface area contributed by atoms with Crippen LogP contribution in [0.3, 0.4) is 0 Å². The quantitative estimate of drug-likeness (QED) is 0.593. The number of nitrogens with one attached hydrogen (secondary N) is 1. The van der Waals surface area contributed by atoms with E-state index in [4.69, 9.17) is 15.3 Å². The van der Waals surface area contributed by atoms with E-state index in [0.29, 0.717) is 12.0 Å². The fraction of sp³-hybridized carbons (Fsp3) is 1.00. The second-order valence-electron chi connectivity index (χ2n) is 6.28. The number of nitrogens with two attached hydrogens (primary N) is 1. The van der Waals surface area contributed by atoms with Gasteiger partial charge in [0.1, 0.15) is 0 Å². The summed E-state index contributed by atoms with van der Waals surface area (Å²) < 4.78 is 11.6. The van der Waals surface area contributed by atoms with E-state index in [9.17, 15) is 0 Å². The Morgan fingerprint density at radius 1 is 1.06 bits per heavy atom. The van der Waals surface area contributed by atoms with Crippen molar-refractivity contribution in [3.8, 4) is 0 Å². The Morgan fingerprint density at radius 3 is 2.44 bits per heavy atom. The van der Waals surface area contributed by atoms with Crippen molar-refractivity contribution in [3.63, 3.8) is 0 Å². The van der Waals surface area contributed by atoms with E-state index in [2.05, 4.69) is 5.43 Å². The van der Waals surface area contributed by atoms with Crippen LogP contribution >= 0.6 is 0 Å². The van der Waals surface area contributed by atoms with Gasteiger partial charge in [0.2, 0.25) is 0 Å². The zero-order chi connectivity index (χ0) is 12.4. The number of hydrogen-bond acceptors (Lipinski definition) is 4. The minimum Gasteiger partial charge on any atom is -0.381 e. The summed E-state index contributed by atoms with van der Waals surface area (Å²) in [4.78, 5) is 0. The van der Waals surface area contributed by atoms with Gasteiger partial charge in [-0.3, -0.25) is 11.3 Å². The van der Waals surface area contributed by atoms with Gasteiger partial charge in [-0.15, -0.1) is 0 Å². The minimum absolute atomic E-state index is 0.0972. The van der Waals surface area contributed by atoms with E-state index in [-0.39, 0.29) is 5.60 Å². The zero-order valence-corrected chi connectivity index (χ0v) is 11.2. The van der Waals surface area contributed by atoms with Gasteiger partial charge in [-0.2, -0.15) is 0 Å². The Hall–Kier alpha value is -0.160. The lowest BCUT2D eigenvalue weighted by molar-refractivity contribution is -0.153. The van der Waals surface area contributed by atoms with Crippen LogP contribution in [0.5, 0.6) is 0 Å². The van der Waals surface area contributed by atoms with Gasteiger partial charge in [-0.05, 0) is 50.4 Å². The molecule has 18 heavy (non-hydrogen) atoms. The first-order chi connectivity index (χ1) is 8.83. The van der Waals surface area contributed by atoms with Gasteiger partial charge < -0.3 is 9.47 Å². The van der Waals surface area contributed by atoms with Crippen molar-refractivity contribution in [3.05, 3.63) is 0 Å². The van der Waals surface area contributed by atoms with Crippen LogP contribution in [0, 0.1) is 11.8 Å². The van der Waals surface area contributed by atoms with Crippen LogP contribution in [0.1, 0.15) is 44.9 Å². The fourth-order valence-corrected chi connectivity index (χ4v) is 3.92. The largest absolute Gasteiger partial charge is 0.381 e. The maximum Gasteiger partial charge on any atom is 0.0729 e. The molecule has 4 nitrogen and oxygen atoms in total. The molecule has 2 heterocycles. The highest BCUT2D eigenvalue weighted by atomic mass is 16.5. The Morgan fingerprint density at radius 2 is 1.83 bits per heavy atom. The van der Waals surface area contributed by atoms with E-state index in [1.54, 1.807) is 0 Å².